The van der Waals surface area contributed by atoms with Crippen molar-refractivity contribution in [2.24, 2.45) is 0 Å². The number of pyridine rings is 1. The van der Waals surface area contributed by atoms with Gasteiger partial charge in [0.25, 0.3) is 5.91 Å². The largest absolute Gasteiger partial charge is 0.483 e. The van der Waals surface area contributed by atoms with Gasteiger partial charge in [0.15, 0.2) is 6.61 Å². The predicted molar refractivity (Wildman–Crippen MR) is 174 cm³/mol. The first-order valence-electron chi connectivity index (χ1n) is 14.2. The third-order valence-corrected chi connectivity index (χ3v) is 7.43. The van der Waals surface area contributed by atoms with Gasteiger partial charge >= 0.3 is 11.9 Å². The van der Waals surface area contributed by atoms with Gasteiger partial charge < -0.3 is 20.3 Å². The fourth-order valence-corrected chi connectivity index (χ4v) is 5.14. The van der Waals surface area contributed by atoms with Crippen LogP contribution >= 0.6 is 11.6 Å². The average molecular weight is 621 g/mol. The van der Waals surface area contributed by atoms with Crippen molar-refractivity contribution in [2.45, 2.75) is 18.9 Å². The number of fused-ring (bicyclic) bond motifs is 1. The van der Waals surface area contributed by atoms with Gasteiger partial charge in [-0.05, 0) is 78.1 Å². The highest BCUT2D eigenvalue weighted by atomic mass is 35.5. The van der Waals surface area contributed by atoms with E-state index in [-0.39, 0.29) is 16.9 Å². The summed E-state index contributed by atoms with van der Waals surface area (Å²) in [6, 6.07) is 29.5. The lowest BCUT2D eigenvalue weighted by molar-refractivity contribution is -0.123. The molecule has 8 nitrogen and oxygen atoms in total. The molecule has 0 aliphatic rings. The van der Waals surface area contributed by atoms with Crippen LogP contribution in [0.1, 0.15) is 55.6 Å². The van der Waals surface area contributed by atoms with Crippen LogP contribution in [0.3, 0.4) is 0 Å². The highest BCUT2D eigenvalue weighted by molar-refractivity contribution is 6.31. The van der Waals surface area contributed by atoms with Gasteiger partial charge in [0.05, 0.1) is 22.8 Å². The van der Waals surface area contributed by atoms with Crippen LogP contribution in [0.5, 0.6) is 5.75 Å². The Balaban J connectivity index is 1.36. The number of hydrogen-bond donors (Lipinski definition) is 3. The van der Waals surface area contributed by atoms with E-state index in [1.54, 1.807) is 36.4 Å². The van der Waals surface area contributed by atoms with Gasteiger partial charge in [-0.2, -0.15) is 0 Å². The van der Waals surface area contributed by atoms with Crippen LogP contribution in [0.4, 0.5) is 0 Å². The van der Waals surface area contributed by atoms with Crippen molar-refractivity contribution >= 4 is 52.5 Å². The molecule has 3 N–H and O–H groups in total. The molecule has 5 rings (SSSR count). The predicted octanol–water partition coefficient (Wildman–Crippen LogP) is 7.32. The van der Waals surface area contributed by atoms with Crippen LogP contribution in [0.2, 0.25) is 5.02 Å². The molecule has 0 radical (unpaired) electrons. The zero-order valence-corrected chi connectivity index (χ0v) is 24.8. The number of carbonyl (C=O) groups excluding carboxylic acids is 1. The minimum Gasteiger partial charge on any atom is -0.483 e. The second-order valence-electron chi connectivity index (χ2n) is 10.3. The van der Waals surface area contributed by atoms with Gasteiger partial charge in [0.2, 0.25) is 0 Å². The number of hydrogen-bond acceptors (Lipinski definition) is 5. The second-order valence-corrected chi connectivity index (χ2v) is 10.7. The van der Waals surface area contributed by atoms with Gasteiger partial charge in [-0.3, -0.25) is 4.79 Å². The zero-order valence-electron chi connectivity index (χ0n) is 24.0. The number of ether oxygens (including phenoxy) is 1. The summed E-state index contributed by atoms with van der Waals surface area (Å²) >= 11 is 6.14. The number of nitrogens with zero attached hydrogens (tertiary/aromatic N) is 1. The van der Waals surface area contributed by atoms with Crippen molar-refractivity contribution in [1.82, 2.24) is 10.3 Å². The molecular formula is C36H29ClN2O6. The van der Waals surface area contributed by atoms with Gasteiger partial charge in [0, 0.05) is 10.4 Å². The smallest absolute Gasteiger partial charge is 0.339 e. The summed E-state index contributed by atoms with van der Waals surface area (Å²) in [4.78, 5) is 41.1. The first-order chi connectivity index (χ1) is 21.8. The fraction of sp³-hybridized carbons (Fsp3) is 0.111. The molecule has 0 bridgehead atoms. The monoisotopic (exact) mass is 620 g/mol. The topological polar surface area (TPSA) is 126 Å². The highest BCUT2D eigenvalue weighted by Crippen LogP contribution is 2.24. The van der Waals surface area contributed by atoms with Crippen LogP contribution in [0.15, 0.2) is 103 Å². The molecule has 0 spiro atoms. The molecule has 1 aromatic heterocycles. The van der Waals surface area contributed by atoms with Crippen molar-refractivity contribution in [3.05, 3.63) is 142 Å². The molecule has 0 saturated carbocycles. The summed E-state index contributed by atoms with van der Waals surface area (Å²) in [5, 5.41) is 23.7. The number of carbonyl (C=O) groups is 3. The first kappa shape index (κ1) is 31.0. The number of aromatic nitrogens is 1. The summed E-state index contributed by atoms with van der Waals surface area (Å²) < 4.78 is 5.56. The third-order valence-electron chi connectivity index (χ3n) is 7.20. The molecule has 1 atom stereocenters. The summed E-state index contributed by atoms with van der Waals surface area (Å²) in [6.45, 7) is -0.399. The lowest BCUT2D eigenvalue weighted by Crippen LogP contribution is -2.33. The standard InChI is InChI=1S/C36H29ClN2O6/c37-27-16-13-25-14-18-28(38-32(25)21-27)17-12-23-6-5-8-26(20-23)31(19-15-24-7-1-2-9-29(24)35(41)42)39-34(40)22-45-33-11-4-3-10-30(33)36(43)44/h1-14,16-18,20-21,31H,15,19,22H2,(H,39,40)(H,41,42)(H,43,44)/b17-12+. The molecule has 0 fully saturated rings. The number of halogens is 1. The van der Waals surface area contributed by atoms with Crippen LogP contribution in [0, 0.1) is 0 Å². The van der Waals surface area contributed by atoms with E-state index in [1.807, 2.05) is 66.7 Å². The maximum atomic E-state index is 13.1. The summed E-state index contributed by atoms with van der Waals surface area (Å²) in [7, 11) is 0. The molecule has 45 heavy (non-hydrogen) atoms. The number of para-hydroxylation sites is 1. The number of aryl methyl sites for hydroxylation is 1. The van der Waals surface area contributed by atoms with Crippen LogP contribution in [-0.4, -0.2) is 39.6 Å². The molecule has 0 saturated heterocycles. The SMILES string of the molecule is O=C(COc1ccccc1C(=O)O)NC(CCc1ccccc1C(=O)O)c1cccc(/C=C/c2ccc3ccc(Cl)cc3n2)c1. The average Bonchev–Trinajstić information content (AvgIpc) is 3.04. The molecule has 9 heteroatoms. The molecule has 1 amide bonds. The number of benzene rings is 4. The third kappa shape index (κ3) is 8.13. The first-order valence-corrected chi connectivity index (χ1v) is 14.5. The van der Waals surface area contributed by atoms with Crippen LogP contribution < -0.4 is 10.1 Å². The number of amides is 1. The molecule has 0 aliphatic carbocycles. The van der Waals surface area contributed by atoms with Gasteiger partial charge in [-0.1, -0.05) is 78.3 Å². The van der Waals surface area contributed by atoms with Crippen molar-refractivity contribution in [1.29, 1.82) is 0 Å². The van der Waals surface area contributed by atoms with Crippen molar-refractivity contribution in [3.63, 3.8) is 0 Å². The number of nitrogens with one attached hydrogen (secondary N) is 1. The molecular weight excluding hydrogens is 592 g/mol. The Bertz CT molecular complexity index is 1900. The van der Waals surface area contributed by atoms with Crippen LogP contribution in [0.25, 0.3) is 23.1 Å². The van der Waals surface area contributed by atoms with E-state index in [0.29, 0.717) is 23.4 Å². The van der Waals surface area contributed by atoms with Crippen molar-refractivity contribution in [2.75, 3.05) is 6.61 Å². The highest BCUT2D eigenvalue weighted by Gasteiger charge is 2.19. The minimum absolute atomic E-state index is 0.0457. The Kier molecular flexibility index (Phi) is 9.87. The van der Waals surface area contributed by atoms with E-state index in [2.05, 4.69) is 10.3 Å². The zero-order chi connectivity index (χ0) is 31.8. The Labute approximate surface area is 264 Å². The van der Waals surface area contributed by atoms with Crippen LogP contribution in [-0.2, 0) is 11.2 Å². The quantitative estimate of drug-likeness (QED) is 0.133. The number of carboxylic acid groups (broad SMARTS) is 2. The van der Waals surface area contributed by atoms with Gasteiger partial charge in [-0.25, -0.2) is 14.6 Å². The van der Waals surface area contributed by atoms with E-state index in [1.165, 1.54) is 12.1 Å². The summed E-state index contributed by atoms with van der Waals surface area (Å²) in [5.41, 5.74) is 4.03. The lowest BCUT2D eigenvalue weighted by atomic mass is 9.95. The Morgan fingerprint density at radius 1 is 0.822 bits per heavy atom. The molecule has 1 heterocycles. The number of aromatic carboxylic acids is 2. The number of carboxylic acids is 2. The van der Waals surface area contributed by atoms with Gasteiger partial charge in [-0.15, -0.1) is 0 Å². The molecule has 5 aromatic rings. The fourth-order valence-electron chi connectivity index (χ4n) is 4.98. The van der Waals surface area contributed by atoms with E-state index in [0.717, 1.165) is 27.7 Å². The number of rotatable bonds is 12. The van der Waals surface area contributed by atoms with E-state index in [9.17, 15) is 24.6 Å². The van der Waals surface area contributed by atoms with Gasteiger partial charge in [0.1, 0.15) is 11.3 Å². The lowest BCUT2D eigenvalue weighted by Gasteiger charge is -2.21. The maximum Gasteiger partial charge on any atom is 0.339 e. The Morgan fingerprint density at radius 2 is 1.56 bits per heavy atom. The van der Waals surface area contributed by atoms with E-state index < -0.39 is 30.5 Å². The molecule has 1 unspecified atom stereocenters. The second kappa shape index (κ2) is 14.3. The molecule has 4 aromatic carbocycles. The maximum absolute atomic E-state index is 13.1. The normalized spacial score (nSPS) is 11.8. The Hall–Kier alpha value is -5.47. The minimum atomic E-state index is -1.16. The summed E-state index contributed by atoms with van der Waals surface area (Å²) in [5.74, 6) is -2.54. The summed E-state index contributed by atoms with van der Waals surface area (Å²) in [6.07, 6.45) is 4.61. The Morgan fingerprint density at radius 3 is 2.36 bits per heavy atom. The van der Waals surface area contributed by atoms with E-state index >= 15 is 0 Å². The van der Waals surface area contributed by atoms with Crippen molar-refractivity contribution in [3.8, 4) is 5.75 Å². The molecule has 0 aliphatic heterocycles. The van der Waals surface area contributed by atoms with Crippen molar-refractivity contribution < 1.29 is 29.3 Å². The van der Waals surface area contributed by atoms with E-state index in [4.69, 9.17) is 16.3 Å². The molecule has 226 valence electrons.